The molecule has 112 valence electrons. The van der Waals surface area contributed by atoms with Gasteiger partial charge in [-0.2, -0.15) is 0 Å². The number of hydrogen-bond donors (Lipinski definition) is 1. The van der Waals surface area contributed by atoms with Crippen LogP contribution >= 0.6 is 0 Å². The number of rotatable bonds is 6. The number of halogens is 1. The third-order valence-electron chi connectivity index (χ3n) is 3.31. The van der Waals surface area contributed by atoms with Crippen molar-refractivity contribution in [1.29, 1.82) is 0 Å². The van der Waals surface area contributed by atoms with Crippen LogP contribution in [0.4, 0.5) is 4.39 Å². The molecule has 0 aliphatic rings. The molecule has 0 fully saturated rings. The van der Waals surface area contributed by atoms with Gasteiger partial charge in [-0.05, 0) is 30.5 Å². The SMILES string of the molecule is Cc1cc(CCNC(=O)CC(C)c2ccc(F)cc2)no1. The molecule has 1 aromatic heterocycles. The lowest BCUT2D eigenvalue weighted by Gasteiger charge is -2.11. The molecular weight excluding hydrogens is 271 g/mol. The van der Waals surface area contributed by atoms with E-state index in [-0.39, 0.29) is 17.6 Å². The van der Waals surface area contributed by atoms with Crippen molar-refractivity contribution in [2.45, 2.75) is 32.6 Å². The summed E-state index contributed by atoms with van der Waals surface area (Å²) < 4.78 is 17.8. The average Bonchev–Trinajstić information content (AvgIpc) is 2.85. The first-order valence-electron chi connectivity index (χ1n) is 6.99. The summed E-state index contributed by atoms with van der Waals surface area (Å²) in [6, 6.07) is 8.11. The summed E-state index contributed by atoms with van der Waals surface area (Å²) >= 11 is 0. The Balaban J connectivity index is 1.75. The van der Waals surface area contributed by atoms with Crippen LogP contribution in [0, 0.1) is 12.7 Å². The monoisotopic (exact) mass is 290 g/mol. The lowest BCUT2D eigenvalue weighted by atomic mass is 9.97. The summed E-state index contributed by atoms with van der Waals surface area (Å²) in [5, 5.41) is 6.73. The summed E-state index contributed by atoms with van der Waals surface area (Å²) in [7, 11) is 0. The molecule has 1 heterocycles. The predicted octanol–water partition coefficient (Wildman–Crippen LogP) is 2.97. The van der Waals surface area contributed by atoms with Crippen LogP contribution in [0.15, 0.2) is 34.9 Å². The predicted molar refractivity (Wildman–Crippen MR) is 77.4 cm³/mol. The number of aromatic nitrogens is 1. The van der Waals surface area contributed by atoms with Crippen LogP contribution in [0.25, 0.3) is 0 Å². The lowest BCUT2D eigenvalue weighted by Crippen LogP contribution is -2.26. The molecule has 1 atom stereocenters. The van der Waals surface area contributed by atoms with Gasteiger partial charge in [0, 0.05) is 25.5 Å². The normalized spacial score (nSPS) is 12.1. The Morgan fingerprint density at radius 3 is 2.71 bits per heavy atom. The molecule has 2 aromatic rings. The molecule has 0 radical (unpaired) electrons. The minimum atomic E-state index is -0.265. The van der Waals surface area contributed by atoms with E-state index in [4.69, 9.17) is 4.52 Å². The number of hydrogen-bond acceptors (Lipinski definition) is 3. The summed E-state index contributed by atoms with van der Waals surface area (Å²) in [6.07, 6.45) is 1.03. The molecule has 1 unspecified atom stereocenters. The fraction of sp³-hybridized carbons (Fsp3) is 0.375. The van der Waals surface area contributed by atoms with Gasteiger partial charge >= 0.3 is 0 Å². The Morgan fingerprint density at radius 1 is 1.38 bits per heavy atom. The molecule has 0 spiro atoms. The maximum Gasteiger partial charge on any atom is 0.220 e. The number of amides is 1. The molecule has 0 aliphatic heterocycles. The zero-order valence-electron chi connectivity index (χ0n) is 12.2. The summed E-state index contributed by atoms with van der Waals surface area (Å²) in [6.45, 7) is 4.31. The third-order valence-corrected chi connectivity index (χ3v) is 3.31. The Hall–Kier alpha value is -2.17. The van der Waals surface area contributed by atoms with E-state index in [0.717, 1.165) is 17.0 Å². The Labute approximate surface area is 123 Å². The van der Waals surface area contributed by atoms with Crippen molar-refractivity contribution in [1.82, 2.24) is 10.5 Å². The first-order valence-corrected chi connectivity index (χ1v) is 6.99. The van der Waals surface area contributed by atoms with Crippen molar-refractivity contribution in [3.63, 3.8) is 0 Å². The first-order chi connectivity index (χ1) is 10.0. The highest BCUT2D eigenvalue weighted by molar-refractivity contribution is 5.76. The first kappa shape index (κ1) is 15.2. The molecule has 1 N–H and O–H groups in total. The lowest BCUT2D eigenvalue weighted by molar-refractivity contribution is -0.121. The van der Waals surface area contributed by atoms with Crippen molar-refractivity contribution < 1.29 is 13.7 Å². The summed E-state index contributed by atoms with van der Waals surface area (Å²) in [5.74, 6) is 0.534. The number of carbonyl (C=O) groups is 1. The van der Waals surface area contributed by atoms with Crippen molar-refractivity contribution in [3.05, 3.63) is 53.2 Å². The molecule has 21 heavy (non-hydrogen) atoms. The van der Waals surface area contributed by atoms with Gasteiger partial charge in [0.05, 0.1) is 5.69 Å². The number of aryl methyl sites for hydroxylation is 1. The largest absolute Gasteiger partial charge is 0.361 e. The molecular formula is C16H19FN2O2. The zero-order chi connectivity index (χ0) is 15.2. The van der Waals surface area contributed by atoms with Crippen LogP contribution in [-0.2, 0) is 11.2 Å². The highest BCUT2D eigenvalue weighted by Crippen LogP contribution is 2.18. The van der Waals surface area contributed by atoms with Gasteiger partial charge in [-0.3, -0.25) is 4.79 Å². The quantitative estimate of drug-likeness (QED) is 0.890. The second kappa shape index (κ2) is 7.02. The van der Waals surface area contributed by atoms with E-state index in [1.807, 2.05) is 19.9 Å². The molecule has 0 saturated carbocycles. The van der Waals surface area contributed by atoms with Gasteiger partial charge in [-0.1, -0.05) is 24.2 Å². The number of benzene rings is 1. The van der Waals surface area contributed by atoms with Crippen molar-refractivity contribution in [2.75, 3.05) is 6.54 Å². The molecule has 0 bridgehead atoms. The van der Waals surface area contributed by atoms with Gasteiger partial charge in [0.15, 0.2) is 0 Å². The summed E-state index contributed by atoms with van der Waals surface area (Å²) in [5.41, 5.74) is 1.79. The van der Waals surface area contributed by atoms with Gasteiger partial charge in [-0.15, -0.1) is 0 Å². The topological polar surface area (TPSA) is 55.1 Å². The van der Waals surface area contributed by atoms with Crippen LogP contribution < -0.4 is 5.32 Å². The molecule has 1 amide bonds. The Bertz CT molecular complexity index is 593. The number of nitrogens with one attached hydrogen (secondary N) is 1. The van der Waals surface area contributed by atoms with E-state index in [1.165, 1.54) is 12.1 Å². The smallest absolute Gasteiger partial charge is 0.220 e. The second-order valence-electron chi connectivity index (χ2n) is 5.19. The zero-order valence-corrected chi connectivity index (χ0v) is 12.2. The van der Waals surface area contributed by atoms with Gasteiger partial charge in [0.1, 0.15) is 11.6 Å². The van der Waals surface area contributed by atoms with Gasteiger partial charge in [0.25, 0.3) is 0 Å². The average molecular weight is 290 g/mol. The fourth-order valence-corrected chi connectivity index (χ4v) is 2.13. The molecule has 5 heteroatoms. The molecule has 2 rings (SSSR count). The van der Waals surface area contributed by atoms with E-state index in [2.05, 4.69) is 10.5 Å². The highest BCUT2D eigenvalue weighted by atomic mass is 19.1. The van der Waals surface area contributed by atoms with Crippen molar-refractivity contribution >= 4 is 5.91 Å². The standard InChI is InChI=1S/C16H19FN2O2/c1-11(13-3-5-14(17)6-4-13)9-16(20)18-8-7-15-10-12(2)21-19-15/h3-6,10-11H,7-9H2,1-2H3,(H,18,20). The maximum atomic E-state index is 12.8. The number of nitrogens with zero attached hydrogens (tertiary/aromatic N) is 1. The van der Waals surface area contributed by atoms with Crippen LogP contribution in [0.5, 0.6) is 0 Å². The van der Waals surface area contributed by atoms with Gasteiger partial charge in [0.2, 0.25) is 5.91 Å². The van der Waals surface area contributed by atoms with E-state index in [1.54, 1.807) is 12.1 Å². The van der Waals surface area contributed by atoms with E-state index in [0.29, 0.717) is 19.4 Å². The molecule has 0 saturated heterocycles. The minimum Gasteiger partial charge on any atom is -0.361 e. The van der Waals surface area contributed by atoms with Gasteiger partial charge in [-0.25, -0.2) is 4.39 Å². The van der Waals surface area contributed by atoms with Crippen molar-refractivity contribution in [3.8, 4) is 0 Å². The van der Waals surface area contributed by atoms with E-state index < -0.39 is 0 Å². The Kier molecular flexibility index (Phi) is 5.09. The van der Waals surface area contributed by atoms with Crippen LogP contribution in [0.1, 0.15) is 36.3 Å². The van der Waals surface area contributed by atoms with Crippen LogP contribution in [0.2, 0.25) is 0 Å². The number of carbonyl (C=O) groups excluding carboxylic acids is 1. The summed E-state index contributed by atoms with van der Waals surface area (Å²) in [4.78, 5) is 11.9. The van der Waals surface area contributed by atoms with E-state index >= 15 is 0 Å². The molecule has 4 nitrogen and oxygen atoms in total. The van der Waals surface area contributed by atoms with Crippen LogP contribution in [0.3, 0.4) is 0 Å². The second-order valence-corrected chi connectivity index (χ2v) is 5.19. The van der Waals surface area contributed by atoms with E-state index in [9.17, 15) is 9.18 Å². The van der Waals surface area contributed by atoms with Crippen molar-refractivity contribution in [2.24, 2.45) is 0 Å². The molecule has 1 aromatic carbocycles. The fourth-order valence-electron chi connectivity index (χ4n) is 2.13. The maximum absolute atomic E-state index is 12.8. The highest BCUT2D eigenvalue weighted by Gasteiger charge is 2.11. The minimum absolute atomic E-state index is 0.0213. The molecule has 0 aliphatic carbocycles. The Morgan fingerprint density at radius 2 is 2.10 bits per heavy atom. The van der Waals surface area contributed by atoms with Gasteiger partial charge < -0.3 is 9.84 Å². The third kappa shape index (κ3) is 4.70. The van der Waals surface area contributed by atoms with Crippen LogP contribution in [-0.4, -0.2) is 17.6 Å².